The number of nitrogens with zero attached hydrogens (tertiary/aromatic N) is 1. The quantitative estimate of drug-likeness (QED) is 0.497. The first kappa shape index (κ1) is 20.5. The van der Waals surface area contributed by atoms with E-state index in [1.807, 2.05) is 12.3 Å². The molecule has 2 N–H and O–H groups in total. The Morgan fingerprint density at radius 2 is 1.53 bits per heavy atom. The molecule has 5 heteroatoms. The van der Waals surface area contributed by atoms with E-state index in [0.29, 0.717) is 11.6 Å². The van der Waals surface area contributed by atoms with E-state index in [0.717, 1.165) is 43.7 Å². The van der Waals surface area contributed by atoms with Crippen molar-refractivity contribution in [3.05, 3.63) is 107 Å². The first-order valence-corrected chi connectivity index (χ1v) is 11.2. The topological polar surface area (TPSA) is 63.6 Å². The number of hydrogen-bond acceptors (Lipinski definition) is 3. The van der Waals surface area contributed by atoms with Gasteiger partial charge in [0.15, 0.2) is 0 Å². The van der Waals surface area contributed by atoms with E-state index in [9.17, 15) is 9.90 Å². The normalized spacial score (nSPS) is 15.4. The summed E-state index contributed by atoms with van der Waals surface area (Å²) >= 11 is 0. The Labute approximate surface area is 187 Å². The molecule has 1 saturated heterocycles. The van der Waals surface area contributed by atoms with Gasteiger partial charge in [0, 0.05) is 47.9 Å². The molecule has 0 spiro atoms. The molecule has 0 unspecified atom stereocenters. The van der Waals surface area contributed by atoms with Gasteiger partial charge in [-0.05, 0) is 5.56 Å². The first-order chi connectivity index (χ1) is 15.7. The molecule has 0 bridgehead atoms. The van der Waals surface area contributed by atoms with Gasteiger partial charge >= 0.3 is 0 Å². The van der Waals surface area contributed by atoms with Crippen LogP contribution in [0.15, 0.2) is 85.1 Å². The van der Waals surface area contributed by atoms with Gasteiger partial charge in [-0.1, -0.05) is 78.9 Å². The van der Waals surface area contributed by atoms with Crippen molar-refractivity contribution in [3.8, 4) is 0 Å². The van der Waals surface area contributed by atoms with Crippen LogP contribution in [0.2, 0.25) is 0 Å². The SMILES string of the molecule is O=C([O-])c1cccc2c(CN3CC[NH+](C(c4ccccc4)c4ccccc4)CC3)c[nH]c12. The Morgan fingerprint density at radius 1 is 0.906 bits per heavy atom. The summed E-state index contributed by atoms with van der Waals surface area (Å²) in [6.07, 6.45) is 1.94. The van der Waals surface area contributed by atoms with Crippen LogP contribution in [0, 0.1) is 0 Å². The number of aromatic nitrogens is 1. The lowest BCUT2D eigenvalue weighted by atomic mass is 9.96. The zero-order valence-corrected chi connectivity index (χ0v) is 18.0. The summed E-state index contributed by atoms with van der Waals surface area (Å²) in [6, 6.07) is 27.3. The van der Waals surface area contributed by atoms with Gasteiger partial charge in [-0.25, -0.2) is 0 Å². The third-order valence-corrected chi connectivity index (χ3v) is 6.59. The molecule has 3 aromatic carbocycles. The fraction of sp³-hybridized carbons (Fsp3) is 0.222. The second-order valence-corrected chi connectivity index (χ2v) is 8.52. The maximum absolute atomic E-state index is 11.4. The van der Waals surface area contributed by atoms with Gasteiger partial charge in [0.1, 0.15) is 6.04 Å². The van der Waals surface area contributed by atoms with Crippen LogP contribution in [0.1, 0.15) is 33.1 Å². The number of carbonyl (C=O) groups excluding carboxylic acids is 1. The maximum Gasteiger partial charge on any atom is 0.139 e. The molecule has 32 heavy (non-hydrogen) atoms. The highest BCUT2D eigenvalue weighted by Crippen LogP contribution is 2.23. The second kappa shape index (κ2) is 8.99. The molecule has 0 atom stereocenters. The minimum Gasteiger partial charge on any atom is -0.545 e. The number of nitrogens with one attached hydrogen (secondary N) is 2. The third-order valence-electron chi connectivity index (χ3n) is 6.59. The number of hydrogen-bond donors (Lipinski definition) is 2. The number of aromatic amines is 1. The van der Waals surface area contributed by atoms with E-state index in [4.69, 9.17) is 0 Å². The molecule has 0 radical (unpaired) electrons. The Balaban J connectivity index is 1.32. The van der Waals surface area contributed by atoms with Crippen LogP contribution in [0.3, 0.4) is 0 Å². The zero-order valence-electron chi connectivity index (χ0n) is 18.0. The first-order valence-electron chi connectivity index (χ1n) is 11.2. The van der Waals surface area contributed by atoms with Crippen LogP contribution in [0.4, 0.5) is 0 Å². The Bertz CT molecular complexity index is 1160. The molecule has 1 aromatic heterocycles. The van der Waals surface area contributed by atoms with Crippen LogP contribution in [-0.4, -0.2) is 42.0 Å². The van der Waals surface area contributed by atoms with Gasteiger partial charge in [0.05, 0.1) is 24.6 Å². The summed E-state index contributed by atoms with van der Waals surface area (Å²) in [7, 11) is 0. The molecule has 1 aliphatic rings. The monoisotopic (exact) mass is 425 g/mol. The molecule has 5 rings (SSSR count). The standard InChI is InChI=1S/C27H27N3O2/c31-27(32)24-13-7-12-23-22(18-28-25(23)24)19-29-14-16-30(17-15-29)26(20-8-3-1-4-9-20)21-10-5-2-6-11-21/h1-13,18,26,28H,14-17,19H2,(H,31,32). The van der Waals surface area contributed by atoms with Crippen molar-refractivity contribution in [2.75, 3.05) is 26.2 Å². The Hall–Kier alpha value is -3.41. The number of carboxylic acid groups (broad SMARTS) is 1. The number of quaternary nitrogens is 1. The summed E-state index contributed by atoms with van der Waals surface area (Å²) in [5.41, 5.74) is 4.72. The maximum atomic E-state index is 11.4. The molecular formula is C27H27N3O2. The minimum absolute atomic E-state index is 0.219. The molecule has 0 saturated carbocycles. The Morgan fingerprint density at radius 3 is 2.12 bits per heavy atom. The lowest BCUT2D eigenvalue weighted by molar-refractivity contribution is -0.930. The highest BCUT2D eigenvalue weighted by molar-refractivity contribution is 6.02. The lowest BCUT2D eigenvalue weighted by Gasteiger charge is -2.37. The molecule has 162 valence electrons. The number of aromatic carboxylic acids is 1. The number of carboxylic acids is 1. The smallest absolute Gasteiger partial charge is 0.139 e. The van der Waals surface area contributed by atoms with Crippen molar-refractivity contribution in [3.63, 3.8) is 0 Å². The Kier molecular flexibility index (Phi) is 5.75. The second-order valence-electron chi connectivity index (χ2n) is 8.52. The number of carbonyl (C=O) groups is 1. The minimum atomic E-state index is -1.14. The number of fused-ring (bicyclic) bond motifs is 1. The van der Waals surface area contributed by atoms with Gasteiger partial charge in [-0.3, -0.25) is 4.90 Å². The van der Waals surface area contributed by atoms with E-state index in [2.05, 4.69) is 70.5 Å². The molecule has 0 amide bonds. The third kappa shape index (κ3) is 4.05. The van der Waals surface area contributed by atoms with Crippen molar-refractivity contribution in [2.45, 2.75) is 12.6 Å². The number of para-hydroxylation sites is 1. The molecule has 4 aromatic rings. The summed E-state index contributed by atoms with van der Waals surface area (Å²) in [6.45, 7) is 4.92. The van der Waals surface area contributed by atoms with Crippen molar-refractivity contribution in [1.82, 2.24) is 9.88 Å². The van der Waals surface area contributed by atoms with Crippen molar-refractivity contribution < 1.29 is 14.8 Å². The fourth-order valence-electron chi connectivity index (χ4n) is 5.00. The predicted molar refractivity (Wildman–Crippen MR) is 123 cm³/mol. The molecule has 1 fully saturated rings. The predicted octanol–water partition coefficient (Wildman–Crippen LogP) is 2.02. The molecule has 5 nitrogen and oxygen atoms in total. The van der Waals surface area contributed by atoms with Crippen LogP contribution >= 0.6 is 0 Å². The van der Waals surface area contributed by atoms with Gasteiger partial charge in [0.2, 0.25) is 0 Å². The van der Waals surface area contributed by atoms with Crippen molar-refractivity contribution >= 4 is 16.9 Å². The highest BCUT2D eigenvalue weighted by Gasteiger charge is 2.30. The summed E-state index contributed by atoms with van der Waals surface area (Å²) in [4.78, 5) is 18.6. The van der Waals surface area contributed by atoms with E-state index in [-0.39, 0.29) is 5.56 Å². The van der Waals surface area contributed by atoms with Gasteiger partial charge in [-0.15, -0.1) is 0 Å². The zero-order chi connectivity index (χ0) is 21.9. The van der Waals surface area contributed by atoms with Gasteiger partial charge in [0.25, 0.3) is 0 Å². The number of H-pyrrole nitrogens is 1. The van der Waals surface area contributed by atoms with Gasteiger partial charge < -0.3 is 19.8 Å². The van der Waals surface area contributed by atoms with Crippen LogP contribution in [-0.2, 0) is 6.54 Å². The number of rotatable bonds is 6. The number of piperazine rings is 1. The van der Waals surface area contributed by atoms with Crippen molar-refractivity contribution in [1.29, 1.82) is 0 Å². The summed E-state index contributed by atoms with van der Waals surface area (Å²) < 4.78 is 0. The molecule has 2 heterocycles. The highest BCUT2D eigenvalue weighted by atomic mass is 16.4. The fourth-order valence-corrected chi connectivity index (χ4v) is 5.00. The van der Waals surface area contributed by atoms with E-state index < -0.39 is 5.97 Å². The summed E-state index contributed by atoms with van der Waals surface area (Å²) in [5, 5.41) is 12.4. The van der Waals surface area contributed by atoms with Gasteiger partial charge in [-0.2, -0.15) is 0 Å². The molecule has 0 aliphatic carbocycles. The van der Waals surface area contributed by atoms with E-state index in [1.165, 1.54) is 11.1 Å². The molecule has 1 aliphatic heterocycles. The van der Waals surface area contributed by atoms with Crippen LogP contribution in [0.5, 0.6) is 0 Å². The van der Waals surface area contributed by atoms with Crippen LogP contribution < -0.4 is 10.0 Å². The lowest BCUT2D eigenvalue weighted by Crippen LogP contribution is -3.15. The van der Waals surface area contributed by atoms with Crippen molar-refractivity contribution in [2.24, 2.45) is 0 Å². The number of benzene rings is 3. The van der Waals surface area contributed by atoms with Crippen LogP contribution in [0.25, 0.3) is 10.9 Å². The van der Waals surface area contributed by atoms with E-state index in [1.54, 1.807) is 17.0 Å². The average molecular weight is 426 g/mol. The summed E-state index contributed by atoms with van der Waals surface area (Å²) in [5.74, 6) is -1.14. The molecular weight excluding hydrogens is 398 g/mol. The average Bonchev–Trinajstić information content (AvgIpc) is 3.24. The largest absolute Gasteiger partial charge is 0.545 e. The van der Waals surface area contributed by atoms with E-state index >= 15 is 0 Å².